The van der Waals surface area contributed by atoms with E-state index in [0.717, 1.165) is 11.3 Å². The van der Waals surface area contributed by atoms with Crippen LogP contribution >= 0.6 is 0 Å². The smallest absolute Gasteiger partial charge is 0.271 e. The number of hydrogen-bond donors (Lipinski definition) is 2. The van der Waals surface area contributed by atoms with Gasteiger partial charge in [-0.2, -0.15) is 5.10 Å². The van der Waals surface area contributed by atoms with Gasteiger partial charge in [-0.3, -0.25) is 9.89 Å². The number of imidazole rings is 1. The van der Waals surface area contributed by atoms with Crippen LogP contribution in [0, 0.1) is 0 Å². The molecule has 3 heterocycles. The van der Waals surface area contributed by atoms with Crippen molar-refractivity contribution in [1.29, 1.82) is 0 Å². The predicted molar refractivity (Wildman–Crippen MR) is 103 cm³/mol. The van der Waals surface area contributed by atoms with Crippen LogP contribution < -0.4 is 4.74 Å². The number of piperidine rings is 1. The van der Waals surface area contributed by atoms with Crippen LogP contribution in [0.4, 0.5) is 0 Å². The number of aromatic nitrogens is 4. The molecule has 0 radical (unpaired) electrons. The minimum absolute atomic E-state index is 0.100. The van der Waals surface area contributed by atoms with Gasteiger partial charge in [0.25, 0.3) is 5.91 Å². The third kappa shape index (κ3) is 3.77. The average molecular weight is 381 g/mol. The SMILES string of the molecule is COc1ccc(-c2cc(C(=O)N3CCC(O)(Cn4ccnc4)CC3)[nH]n2)cc1. The number of carbonyl (C=O) groups excluding carboxylic acids is 1. The molecule has 3 aromatic rings. The van der Waals surface area contributed by atoms with Crippen molar-refractivity contribution in [2.75, 3.05) is 20.2 Å². The predicted octanol–water partition coefficient (Wildman–Crippen LogP) is 1.95. The minimum Gasteiger partial charge on any atom is -0.497 e. The number of H-pyrrole nitrogens is 1. The largest absolute Gasteiger partial charge is 0.497 e. The van der Waals surface area contributed by atoms with Crippen molar-refractivity contribution in [3.05, 3.63) is 54.7 Å². The number of aliphatic hydroxyl groups is 1. The van der Waals surface area contributed by atoms with E-state index < -0.39 is 5.60 Å². The Morgan fingerprint density at radius 1 is 1.29 bits per heavy atom. The first-order valence-corrected chi connectivity index (χ1v) is 9.24. The highest BCUT2D eigenvalue weighted by atomic mass is 16.5. The van der Waals surface area contributed by atoms with E-state index in [1.807, 2.05) is 35.0 Å². The van der Waals surface area contributed by atoms with Gasteiger partial charge in [0.2, 0.25) is 0 Å². The number of amides is 1. The normalized spacial score (nSPS) is 16.1. The molecule has 8 heteroatoms. The van der Waals surface area contributed by atoms with Gasteiger partial charge in [-0.25, -0.2) is 4.98 Å². The molecule has 0 aliphatic carbocycles. The summed E-state index contributed by atoms with van der Waals surface area (Å²) in [5.74, 6) is 0.670. The highest BCUT2D eigenvalue weighted by Gasteiger charge is 2.34. The van der Waals surface area contributed by atoms with Gasteiger partial charge >= 0.3 is 0 Å². The number of benzene rings is 1. The summed E-state index contributed by atoms with van der Waals surface area (Å²) in [4.78, 5) is 18.6. The summed E-state index contributed by atoms with van der Waals surface area (Å²) >= 11 is 0. The van der Waals surface area contributed by atoms with Gasteiger partial charge in [0, 0.05) is 31.0 Å². The molecular formula is C20H23N5O3. The lowest BCUT2D eigenvalue weighted by Crippen LogP contribution is -2.48. The zero-order valence-corrected chi connectivity index (χ0v) is 15.7. The first kappa shape index (κ1) is 18.2. The highest BCUT2D eigenvalue weighted by Crippen LogP contribution is 2.26. The van der Waals surface area contributed by atoms with Gasteiger partial charge in [-0.15, -0.1) is 0 Å². The molecule has 1 aromatic carbocycles. The molecule has 146 valence electrons. The lowest BCUT2D eigenvalue weighted by molar-refractivity contribution is -0.0293. The number of carbonyl (C=O) groups is 1. The molecule has 1 saturated heterocycles. The third-order valence-electron chi connectivity index (χ3n) is 5.21. The Labute approximate surface area is 162 Å². The molecule has 0 spiro atoms. The number of rotatable bonds is 5. The molecule has 8 nitrogen and oxygen atoms in total. The van der Waals surface area contributed by atoms with Crippen molar-refractivity contribution in [1.82, 2.24) is 24.6 Å². The molecule has 2 aromatic heterocycles. The van der Waals surface area contributed by atoms with Crippen molar-refractivity contribution in [2.24, 2.45) is 0 Å². The Hall–Kier alpha value is -3.13. The first-order chi connectivity index (χ1) is 13.6. The molecule has 1 amide bonds. The fraction of sp³-hybridized carbons (Fsp3) is 0.350. The molecule has 0 bridgehead atoms. The number of methoxy groups -OCH3 is 1. The molecule has 0 saturated carbocycles. The fourth-order valence-corrected chi connectivity index (χ4v) is 3.52. The van der Waals surface area contributed by atoms with Crippen LogP contribution in [-0.4, -0.2) is 61.5 Å². The van der Waals surface area contributed by atoms with Gasteiger partial charge in [0.1, 0.15) is 11.4 Å². The van der Waals surface area contributed by atoms with E-state index >= 15 is 0 Å². The van der Waals surface area contributed by atoms with Crippen LogP contribution in [0.3, 0.4) is 0 Å². The Kier molecular flexibility index (Phi) is 4.87. The molecule has 1 aliphatic rings. The van der Waals surface area contributed by atoms with Gasteiger partial charge in [0.05, 0.1) is 31.3 Å². The summed E-state index contributed by atoms with van der Waals surface area (Å²) in [7, 11) is 1.62. The van der Waals surface area contributed by atoms with Crippen molar-refractivity contribution < 1.29 is 14.6 Å². The Morgan fingerprint density at radius 2 is 2.04 bits per heavy atom. The standard InChI is InChI=1S/C20H23N5O3/c1-28-16-4-2-15(3-5-16)17-12-18(23-22-17)19(26)25-9-6-20(27,7-10-25)13-24-11-8-21-14-24/h2-5,8,11-12,14,27H,6-7,9-10,13H2,1H3,(H,22,23). The van der Waals surface area contributed by atoms with Crippen LogP contribution in [0.2, 0.25) is 0 Å². The van der Waals surface area contributed by atoms with Gasteiger partial charge in [-0.05, 0) is 43.2 Å². The minimum atomic E-state index is -0.820. The molecule has 0 atom stereocenters. The van der Waals surface area contributed by atoms with Crippen LogP contribution in [0.1, 0.15) is 23.3 Å². The molecule has 0 unspecified atom stereocenters. The van der Waals surface area contributed by atoms with Gasteiger partial charge in [-0.1, -0.05) is 0 Å². The number of ether oxygens (including phenoxy) is 1. The maximum absolute atomic E-state index is 12.8. The summed E-state index contributed by atoms with van der Waals surface area (Å²) in [5, 5.41) is 17.9. The number of likely N-dealkylation sites (tertiary alicyclic amines) is 1. The zero-order chi connectivity index (χ0) is 19.6. The molecule has 1 aliphatic heterocycles. The van der Waals surface area contributed by atoms with E-state index in [1.165, 1.54) is 0 Å². The lowest BCUT2D eigenvalue weighted by atomic mass is 9.91. The molecule has 28 heavy (non-hydrogen) atoms. The number of nitrogens with zero attached hydrogens (tertiary/aromatic N) is 4. The second-order valence-electron chi connectivity index (χ2n) is 7.15. The summed E-state index contributed by atoms with van der Waals surface area (Å²) < 4.78 is 7.03. The second kappa shape index (κ2) is 7.47. The lowest BCUT2D eigenvalue weighted by Gasteiger charge is -2.38. The molecule has 2 N–H and O–H groups in total. The quantitative estimate of drug-likeness (QED) is 0.704. The fourth-order valence-electron chi connectivity index (χ4n) is 3.52. The Bertz CT molecular complexity index is 925. The van der Waals surface area contributed by atoms with Crippen molar-refractivity contribution in [2.45, 2.75) is 25.0 Å². The van der Waals surface area contributed by atoms with E-state index in [1.54, 1.807) is 30.6 Å². The van der Waals surface area contributed by atoms with E-state index in [-0.39, 0.29) is 5.91 Å². The van der Waals surface area contributed by atoms with Crippen LogP contribution in [0.5, 0.6) is 5.75 Å². The van der Waals surface area contributed by atoms with Gasteiger partial charge < -0.3 is 19.3 Å². The van der Waals surface area contributed by atoms with E-state index in [4.69, 9.17) is 4.74 Å². The number of aromatic amines is 1. The van der Waals surface area contributed by atoms with Crippen molar-refractivity contribution in [3.8, 4) is 17.0 Å². The maximum Gasteiger partial charge on any atom is 0.271 e. The monoisotopic (exact) mass is 381 g/mol. The highest BCUT2D eigenvalue weighted by molar-refractivity contribution is 5.93. The topological polar surface area (TPSA) is 96.3 Å². The average Bonchev–Trinajstić information content (AvgIpc) is 3.40. The third-order valence-corrected chi connectivity index (χ3v) is 5.21. The number of hydrogen-bond acceptors (Lipinski definition) is 5. The Balaban J connectivity index is 1.39. The zero-order valence-electron chi connectivity index (χ0n) is 15.7. The number of nitrogens with one attached hydrogen (secondary N) is 1. The van der Waals surface area contributed by atoms with Crippen LogP contribution in [-0.2, 0) is 6.54 Å². The molecule has 1 fully saturated rings. The van der Waals surface area contributed by atoms with Crippen molar-refractivity contribution >= 4 is 5.91 Å². The van der Waals surface area contributed by atoms with E-state index in [9.17, 15) is 9.90 Å². The second-order valence-corrected chi connectivity index (χ2v) is 7.15. The summed E-state index contributed by atoms with van der Waals surface area (Å²) in [6.07, 6.45) is 6.27. The summed E-state index contributed by atoms with van der Waals surface area (Å²) in [6.45, 7) is 1.49. The van der Waals surface area contributed by atoms with Crippen LogP contribution in [0.15, 0.2) is 49.1 Å². The molecule has 4 rings (SSSR count). The maximum atomic E-state index is 12.8. The van der Waals surface area contributed by atoms with E-state index in [2.05, 4.69) is 15.2 Å². The summed E-state index contributed by atoms with van der Waals surface area (Å²) in [5.41, 5.74) is 1.25. The first-order valence-electron chi connectivity index (χ1n) is 9.24. The molecular weight excluding hydrogens is 358 g/mol. The van der Waals surface area contributed by atoms with Gasteiger partial charge in [0.15, 0.2) is 0 Å². The van der Waals surface area contributed by atoms with Crippen molar-refractivity contribution in [3.63, 3.8) is 0 Å². The summed E-state index contributed by atoms with van der Waals surface area (Å²) in [6, 6.07) is 9.28. The van der Waals surface area contributed by atoms with E-state index in [0.29, 0.717) is 43.9 Å². The van der Waals surface area contributed by atoms with Crippen LogP contribution in [0.25, 0.3) is 11.3 Å². The Morgan fingerprint density at radius 3 is 2.68 bits per heavy atom.